The third kappa shape index (κ3) is 2.34. The number of likely N-dealkylation sites (N-methyl/N-ethyl adjacent to an activating group) is 1. The molecule has 0 saturated carbocycles. The van der Waals surface area contributed by atoms with Crippen molar-refractivity contribution in [2.24, 2.45) is 0 Å². The number of nitrogens with one attached hydrogen (secondary N) is 1. The molecule has 2 heterocycles. The molecule has 94 valence electrons. The summed E-state index contributed by atoms with van der Waals surface area (Å²) in [5.41, 5.74) is 1.91. The van der Waals surface area contributed by atoms with Gasteiger partial charge in [-0.25, -0.2) is 0 Å². The lowest BCUT2D eigenvalue weighted by molar-refractivity contribution is -0.136. The molecule has 1 aliphatic rings. The first-order valence-corrected chi connectivity index (χ1v) is 6.01. The van der Waals surface area contributed by atoms with Crippen LogP contribution in [0.3, 0.4) is 0 Å². The highest BCUT2D eigenvalue weighted by atomic mass is 16.5. The zero-order valence-electron chi connectivity index (χ0n) is 10.6. The van der Waals surface area contributed by atoms with Crippen LogP contribution in [-0.2, 0) is 11.3 Å². The number of nitrogens with zero attached hydrogens (tertiary/aromatic N) is 2. The molecule has 1 unspecified atom stereocenters. The summed E-state index contributed by atoms with van der Waals surface area (Å²) in [6, 6.07) is -0.0378. The van der Waals surface area contributed by atoms with Crippen LogP contribution in [0.25, 0.3) is 0 Å². The quantitative estimate of drug-likeness (QED) is 0.852. The molecule has 1 atom stereocenters. The second-order valence-corrected chi connectivity index (χ2v) is 4.55. The van der Waals surface area contributed by atoms with Gasteiger partial charge in [0.2, 0.25) is 5.91 Å². The molecule has 1 N–H and O–H groups in total. The Bertz CT molecular complexity index is 394. The summed E-state index contributed by atoms with van der Waals surface area (Å²) in [7, 11) is 1.84. The molecule has 1 aromatic heterocycles. The van der Waals surface area contributed by atoms with E-state index in [-0.39, 0.29) is 11.9 Å². The topological polar surface area (TPSA) is 58.4 Å². The first kappa shape index (κ1) is 12.1. The molecule has 0 aromatic carbocycles. The number of amides is 1. The smallest absolute Gasteiger partial charge is 0.239 e. The van der Waals surface area contributed by atoms with E-state index in [9.17, 15) is 4.79 Å². The van der Waals surface area contributed by atoms with Crippen molar-refractivity contribution in [1.82, 2.24) is 15.4 Å². The third-order valence-corrected chi connectivity index (χ3v) is 3.41. The van der Waals surface area contributed by atoms with Crippen molar-refractivity contribution >= 4 is 5.91 Å². The standard InChI is InChI=1S/C12H19N3O2/c1-8-10(9(2)17-14-8)7-15-6-4-5-11(13-3)12(15)16/h11,13H,4-7H2,1-3H3. The number of likely N-dealkylation sites (tertiary alicyclic amines) is 1. The molecule has 0 radical (unpaired) electrons. The Hall–Kier alpha value is -1.36. The van der Waals surface area contributed by atoms with Crippen molar-refractivity contribution in [2.45, 2.75) is 39.3 Å². The number of piperidine rings is 1. The van der Waals surface area contributed by atoms with Crippen LogP contribution in [0.15, 0.2) is 4.52 Å². The van der Waals surface area contributed by atoms with Crippen molar-refractivity contribution < 1.29 is 9.32 Å². The van der Waals surface area contributed by atoms with Crippen LogP contribution in [0.5, 0.6) is 0 Å². The molecule has 17 heavy (non-hydrogen) atoms. The Morgan fingerprint density at radius 1 is 1.53 bits per heavy atom. The second kappa shape index (κ2) is 4.87. The number of hydrogen-bond acceptors (Lipinski definition) is 4. The van der Waals surface area contributed by atoms with E-state index in [0.29, 0.717) is 6.54 Å². The second-order valence-electron chi connectivity index (χ2n) is 4.55. The summed E-state index contributed by atoms with van der Waals surface area (Å²) in [5.74, 6) is 0.987. The van der Waals surface area contributed by atoms with Crippen molar-refractivity contribution in [3.8, 4) is 0 Å². The van der Waals surface area contributed by atoms with E-state index in [4.69, 9.17) is 4.52 Å². The Morgan fingerprint density at radius 2 is 2.29 bits per heavy atom. The average Bonchev–Trinajstić information content (AvgIpc) is 2.63. The minimum atomic E-state index is -0.0378. The molecule has 1 aromatic rings. The number of carbonyl (C=O) groups excluding carboxylic acids is 1. The van der Waals surface area contributed by atoms with E-state index in [2.05, 4.69) is 10.5 Å². The summed E-state index contributed by atoms with van der Waals surface area (Å²) in [5, 5.41) is 6.98. The maximum absolute atomic E-state index is 12.1. The van der Waals surface area contributed by atoms with Gasteiger partial charge in [0.1, 0.15) is 5.76 Å². The minimum Gasteiger partial charge on any atom is -0.361 e. The van der Waals surface area contributed by atoms with Gasteiger partial charge in [0, 0.05) is 12.1 Å². The van der Waals surface area contributed by atoms with Gasteiger partial charge in [0.05, 0.1) is 18.3 Å². The predicted octanol–water partition coefficient (Wildman–Crippen LogP) is 1.00. The fraction of sp³-hybridized carbons (Fsp3) is 0.667. The number of carbonyl (C=O) groups is 1. The molecular formula is C12H19N3O2. The van der Waals surface area contributed by atoms with Crippen molar-refractivity contribution in [3.63, 3.8) is 0 Å². The minimum absolute atomic E-state index is 0.0378. The van der Waals surface area contributed by atoms with Gasteiger partial charge >= 0.3 is 0 Å². The Balaban J connectivity index is 2.11. The van der Waals surface area contributed by atoms with Crippen LogP contribution in [-0.4, -0.2) is 35.6 Å². The first-order valence-electron chi connectivity index (χ1n) is 6.01. The van der Waals surface area contributed by atoms with Crippen LogP contribution in [0, 0.1) is 13.8 Å². The third-order valence-electron chi connectivity index (χ3n) is 3.41. The molecule has 5 heteroatoms. The maximum Gasteiger partial charge on any atom is 0.239 e. The highest BCUT2D eigenvalue weighted by Crippen LogP contribution is 2.19. The average molecular weight is 237 g/mol. The van der Waals surface area contributed by atoms with Gasteiger partial charge in [0.25, 0.3) is 0 Å². The molecule has 0 spiro atoms. The monoisotopic (exact) mass is 237 g/mol. The van der Waals surface area contributed by atoms with Crippen molar-refractivity contribution in [2.75, 3.05) is 13.6 Å². The van der Waals surface area contributed by atoms with Crippen LogP contribution >= 0.6 is 0 Å². The number of aromatic nitrogens is 1. The molecule has 5 nitrogen and oxygen atoms in total. The van der Waals surface area contributed by atoms with E-state index in [1.807, 2.05) is 25.8 Å². The number of aryl methyl sites for hydroxylation is 2. The SMILES string of the molecule is CNC1CCCN(Cc2c(C)noc2C)C1=O. The van der Waals surface area contributed by atoms with Gasteiger partial charge in [-0.15, -0.1) is 0 Å². The maximum atomic E-state index is 12.1. The van der Waals surface area contributed by atoms with Gasteiger partial charge in [0.15, 0.2) is 0 Å². The Labute approximate surface area is 101 Å². The van der Waals surface area contributed by atoms with Gasteiger partial charge < -0.3 is 14.7 Å². The van der Waals surface area contributed by atoms with E-state index in [1.165, 1.54) is 0 Å². The van der Waals surface area contributed by atoms with Gasteiger partial charge in [-0.1, -0.05) is 5.16 Å². The van der Waals surface area contributed by atoms with Gasteiger partial charge in [-0.3, -0.25) is 4.79 Å². The zero-order valence-corrected chi connectivity index (χ0v) is 10.6. The number of rotatable bonds is 3. The summed E-state index contributed by atoms with van der Waals surface area (Å²) in [6.07, 6.45) is 1.97. The highest BCUT2D eigenvalue weighted by Gasteiger charge is 2.28. The van der Waals surface area contributed by atoms with E-state index in [0.717, 1.165) is 36.4 Å². The van der Waals surface area contributed by atoms with Crippen LogP contribution in [0.1, 0.15) is 29.9 Å². The lowest BCUT2D eigenvalue weighted by Gasteiger charge is -2.32. The largest absolute Gasteiger partial charge is 0.361 e. The highest BCUT2D eigenvalue weighted by molar-refractivity contribution is 5.82. The molecule has 1 saturated heterocycles. The van der Waals surface area contributed by atoms with Crippen molar-refractivity contribution in [3.05, 3.63) is 17.0 Å². The summed E-state index contributed by atoms with van der Waals surface area (Å²) in [4.78, 5) is 14.0. The van der Waals surface area contributed by atoms with E-state index in [1.54, 1.807) is 0 Å². The summed E-state index contributed by atoms with van der Waals surface area (Å²) < 4.78 is 5.12. The Morgan fingerprint density at radius 3 is 2.88 bits per heavy atom. The lowest BCUT2D eigenvalue weighted by atomic mass is 10.0. The van der Waals surface area contributed by atoms with Crippen LogP contribution < -0.4 is 5.32 Å². The van der Waals surface area contributed by atoms with E-state index < -0.39 is 0 Å². The molecule has 2 rings (SSSR count). The molecule has 0 bridgehead atoms. The van der Waals surface area contributed by atoms with Gasteiger partial charge in [-0.2, -0.15) is 0 Å². The fourth-order valence-electron chi connectivity index (χ4n) is 2.28. The fourth-order valence-corrected chi connectivity index (χ4v) is 2.28. The molecular weight excluding hydrogens is 218 g/mol. The van der Waals surface area contributed by atoms with Crippen molar-refractivity contribution in [1.29, 1.82) is 0 Å². The lowest BCUT2D eigenvalue weighted by Crippen LogP contribution is -2.49. The molecule has 0 aliphatic carbocycles. The number of hydrogen-bond donors (Lipinski definition) is 1. The van der Waals surface area contributed by atoms with Crippen LogP contribution in [0.2, 0.25) is 0 Å². The molecule has 1 amide bonds. The predicted molar refractivity (Wildman–Crippen MR) is 63.5 cm³/mol. The summed E-state index contributed by atoms with van der Waals surface area (Å²) in [6.45, 7) is 5.23. The Kier molecular flexibility index (Phi) is 3.47. The van der Waals surface area contributed by atoms with Gasteiger partial charge in [-0.05, 0) is 33.7 Å². The normalized spacial score (nSPS) is 21.0. The van der Waals surface area contributed by atoms with E-state index >= 15 is 0 Å². The first-order chi connectivity index (χ1) is 8.13. The van der Waals surface area contributed by atoms with Crippen LogP contribution in [0.4, 0.5) is 0 Å². The zero-order chi connectivity index (χ0) is 12.4. The summed E-state index contributed by atoms with van der Waals surface area (Å²) >= 11 is 0. The molecule has 1 aliphatic heterocycles. The molecule has 1 fully saturated rings.